The first-order valence-electron chi connectivity index (χ1n) is 5.84. The van der Waals surface area contributed by atoms with Gasteiger partial charge in [0.25, 0.3) is 0 Å². The number of nitrogens with two attached hydrogens (primary N) is 1. The average Bonchev–Trinajstić information content (AvgIpc) is 2.56. The molecule has 0 aliphatic heterocycles. The number of nitrogens with zero attached hydrogens (tertiary/aromatic N) is 3. The van der Waals surface area contributed by atoms with Crippen LogP contribution in [0.4, 0.5) is 11.4 Å². The summed E-state index contributed by atoms with van der Waals surface area (Å²) in [5.74, 6) is 0. The Hall–Kier alpha value is -1.20. The van der Waals surface area contributed by atoms with Crippen molar-refractivity contribution in [1.29, 1.82) is 0 Å². The van der Waals surface area contributed by atoms with E-state index in [0.29, 0.717) is 11.6 Å². The zero-order chi connectivity index (χ0) is 14.2. The van der Waals surface area contributed by atoms with Gasteiger partial charge in [-0.3, -0.25) is 4.68 Å². The zero-order valence-corrected chi connectivity index (χ0v) is 13.5. The zero-order valence-electron chi connectivity index (χ0n) is 11.1. The summed E-state index contributed by atoms with van der Waals surface area (Å²) in [5, 5.41) is 5.03. The molecule has 0 aliphatic carbocycles. The van der Waals surface area contributed by atoms with Crippen molar-refractivity contribution in [2.75, 3.05) is 17.7 Å². The maximum absolute atomic E-state index is 6.26. The van der Waals surface area contributed by atoms with Gasteiger partial charge in [0, 0.05) is 18.6 Å². The van der Waals surface area contributed by atoms with Crippen LogP contribution in [0, 0.1) is 6.92 Å². The highest BCUT2D eigenvalue weighted by Crippen LogP contribution is 2.28. The van der Waals surface area contributed by atoms with Gasteiger partial charge in [0.1, 0.15) is 0 Å². The first kappa shape index (κ1) is 14.2. The van der Waals surface area contributed by atoms with Crippen molar-refractivity contribution in [2.45, 2.75) is 13.5 Å². The Balaban J connectivity index is 2.28. The van der Waals surface area contributed by atoms with Gasteiger partial charge in [-0.25, -0.2) is 0 Å². The molecule has 2 rings (SSSR count). The average molecular weight is 344 g/mol. The summed E-state index contributed by atoms with van der Waals surface area (Å²) in [4.78, 5) is 2.06. The van der Waals surface area contributed by atoms with Crippen LogP contribution in [0.1, 0.15) is 11.4 Å². The quantitative estimate of drug-likeness (QED) is 0.869. The molecule has 102 valence electrons. The molecule has 0 aliphatic rings. The monoisotopic (exact) mass is 342 g/mol. The maximum Gasteiger partial charge on any atom is 0.0865 e. The van der Waals surface area contributed by atoms with Crippen molar-refractivity contribution in [3.05, 3.63) is 39.1 Å². The fourth-order valence-corrected chi connectivity index (χ4v) is 2.63. The maximum atomic E-state index is 6.26. The minimum absolute atomic E-state index is 0.655. The molecule has 0 unspecified atom stereocenters. The molecule has 2 N–H and O–H groups in total. The number of anilines is 2. The van der Waals surface area contributed by atoms with Gasteiger partial charge in [-0.2, -0.15) is 5.10 Å². The first-order valence-corrected chi connectivity index (χ1v) is 7.01. The highest BCUT2D eigenvalue weighted by Gasteiger charge is 2.14. The number of aromatic nitrogens is 2. The second-order valence-electron chi connectivity index (χ2n) is 4.53. The van der Waals surface area contributed by atoms with Crippen molar-refractivity contribution < 1.29 is 0 Å². The summed E-state index contributed by atoms with van der Waals surface area (Å²) in [6, 6.07) is 5.84. The van der Waals surface area contributed by atoms with Crippen molar-refractivity contribution in [3.8, 4) is 0 Å². The van der Waals surface area contributed by atoms with Gasteiger partial charge < -0.3 is 10.6 Å². The van der Waals surface area contributed by atoms with Gasteiger partial charge in [0.15, 0.2) is 0 Å². The Labute approximate surface area is 126 Å². The van der Waals surface area contributed by atoms with E-state index in [4.69, 9.17) is 17.3 Å². The molecule has 0 saturated carbocycles. The van der Waals surface area contributed by atoms with Crippen LogP contribution in [-0.4, -0.2) is 16.8 Å². The normalized spacial score (nSPS) is 10.8. The third-order valence-corrected chi connectivity index (χ3v) is 4.03. The van der Waals surface area contributed by atoms with Gasteiger partial charge in [-0.1, -0.05) is 27.5 Å². The van der Waals surface area contributed by atoms with E-state index >= 15 is 0 Å². The Bertz CT molecular complexity index is 609. The molecule has 0 spiro atoms. The molecule has 1 heterocycles. The number of benzene rings is 1. The minimum atomic E-state index is 0.655. The van der Waals surface area contributed by atoms with E-state index < -0.39 is 0 Å². The van der Waals surface area contributed by atoms with E-state index in [2.05, 4.69) is 25.9 Å². The summed E-state index contributed by atoms with van der Waals surface area (Å²) in [7, 11) is 3.88. The summed E-state index contributed by atoms with van der Waals surface area (Å²) >= 11 is 9.67. The van der Waals surface area contributed by atoms with E-state index in [-0.39, 0.29) is 0 Å². The predicted molar refractivity (Wildman–Crippen MR) is 83.6 cm³/mol. The molecule has 1 aromatic heterocycles. The smallest absolute Gasteiger partial charge is 0.0865 e. The lowest BCUT2D eigenvalue weighted by Crippen LogP contribution is -2.20. The molecular weight excluding hydrogens is 328 g/mol. The van der Waals surface area contributed by atoms with E-state index in [1.54, 1.807) is 0 Å². The number of hydrogen-bond acceptors (Lipinski definition) is 3. The van der Waals surface area contributed by atoms with E-state index in [1.807, 2.05) is 43.9 Å². The van der Waals surface area contributed by atoms with E-state index in [1.165, 1.54) is 0 Å². The van der Waals surface area contributed by atoms with Gasteiger partial charge in [-0.15, -0.1) is 0 Å². The number of hydrogen-bond donors (Lipinski definition) is 1. The molecule has 19 heavy (non-hydrogen) atoms. The molecule has 2 aromatic rings. The van der Waals surface area contributed by atoms with Crippen molar-refractivity contribution in [1.82, 2.24) is 9.78 Å². The van der Waals surface area contributed by atoms with Crippen LogP contribution in [0.15, 0.2) is 22.7 Å². The lowest BCUT2D eigenvalue weighted by Gasteiger charge is -2.21. The molecular formula is C13H16BrClN4. The van der Waals surface area contributed by atoms with Gasteiger partial charge >= 0.3 is 0 Å². The molecule has 6 heteroatoms. The molecule has 0 atom stereocenters. The Morgan fingerprint density at radius 1 is 1.47 bits per heavy atom. The number of nitrogen functional groups attached to an aromatic ring is 1. The van der Waals surface area contributed by atoms with Crippen LogP contribution in [0.3, 0.4) is 0 Å². The van der Waals surface area contributed by atoms with Crippen LogP contribution in [0.5, 0.6) is 0 Å². The summed E-state index contributed by atoms with van der Waals surface area (Å²) in [6.07, 6.45) is 0. The van der Waals surface area contributed by atoms with Crippen LogP contribution in [0.25, 0.3) is 0 Å². The lowest BCUT2D eigenvalue weighted by molar-refractivity contribution is 0.694. The third-order valence-electron chi connectivity index (χ3n) is 3.05. The largest absolute Gasteiger partial charge is 0.397 e. The summed E-state index contributed by atoms with van der Waals surface area (Å²) < 4.78 is 2.78. The highest BCUT2D eigenvalue weighted by molar-refractivity contribution is 9.10. The number of aryl methyl sites for hydroxylation is 2. The molecule has 0 fully saturated rings. The van der Waals surface area contributed by atoms with Crippen molar-refractivity contribution in [2.24, 2.45) is 7.05 Å². The van der Waals surface area contributed by atoms with Gasteiger partial charge in [-0.05, 0) is 25.1 Å². The lowest BCUT2D eigenvalue weighted by atomic mass is 10.2. The first-order chi connectivity index (χ1) is 8.90. The van der Waals surface area contributed by atoms with E-state index in [9.17, 15) is 0 Å². The van der Waals surface area contributed by atoms with E-state index in [0.717, 1.165) is 27.2 Å². The number of halogens is 2. The second kappa shape index (κ2) is 5.43. The molecule has 0 amide bonds. The summed E-state index contributed by atoms with van der Waals surface area (Å²) in [5.41, 5.74) is 9.55. The fraction of sp³-hybridized carbons (Fsp3) is 0.308. The van der Waals surface area contributed by atoms with Crippen LogP contribution < -0.4 is 10.6 Å². The standard InChI is InChI=1S/C13H16BrClN4/c1-8-13(15)12(19(3)17-8)7-18(2)11-5-4-9(14)6-10(11)16/h4-6H,7,16H2,1-3H3. The SMILES string of the molecule is Cc1nn(C)c(CN(C)c2ccc(Br)cc2N)c1Cl. The Morgan fingerprint density at radius 3 is 2.68 bits per heavy atom. The molecule has 0 saturated heterocycles. The fourth-order valence-electron chi connectivity index (χ4n) is 2.03. The molecule has 1 aromatic carbocycles. The minimum Gasteiger partial charge on any atom is -0.397 e. The Morgan fingerprint density at radius 2 is 2.16 bits per heavy atom. The van der Waals surface area contributed by atoms with Crippen LogP contribution in [-0.2, 0) is 13.6 Å². The molecule has 4 nitrogen and oxygen atoms in total. The van der Waals surface area contributed by atoms with Crippen molar-refractivity contribution >= 4 is 38.9 Å². The van der Waals surface area contributed by atoms with Gasteiger partial charge in [0.05, 0.1) is 34.3 Å². The Kier molecular flexibility index (Phi) is 4.06. The molecule has 0 bridgehead atoms. The third kappa shape index (κ3) is 2.87. The molecule has 0 radical (unpaired) electrons. The van der Waals surface area contributed by atoms with Crippen molar-refractivity contribution in [3.63, 3.8) is 0 Å². The number of rotatable bonds is 3. The predicted octanol–water partition coefficient (Wildman–Crippen LogP) is 3.36. The summed E-state index contributed by atoms with van der Waals surface area (Å²) in [6.45, 7) is 2.56. The van der Waals surface area contributed by atoms with Crippen LogP contribution >= 0.6 is 27.5 Å². The topological polar surface area (TPSA) is 47.1 Å². The van der Waals surface area contributed by atoms with Crippen LogP contribution in [0.2, 0.25) is 5.02 Å². The van der Waals surface area contributed by atoms with Gasteiger partial charge in [0.2, 0.25) is 0 Å². The highest BCUT2D eigenvalue weighted by atomic mass is 79.9. The second-order valence-corrected chi connectivity index (χ2v) is 5.82.